The van der Waals surface area contributed by atoms with Crippen molar-refractivity contribution in [2.75, 3.05) is 0 Å². The number of hydrogen-bond acceptors (Lipinski definition) is 4. The van der Waals surface area contributed by atoms with Crippen molar-refractivity contribution in [1.29, 1.82) is 0 Å². The highest BCUT2D eigenvalue weighted by molar-refractivity contribution is 7.17. The molecule has 12 heavy (non-hydrogen) atoms. The number of carbonyl (C=O) groups excluding carboxylic acids is 1. The molecule has 0 bridgehead atoms. The van der Waals surface area contributed by atoms with Crippen LogP contribution in [0.3, 0.4) is 0 Å². The predicted octanol–water partition coefficient (Wildman–Crippen LogP) is 1.87. The molecule has 0 atom stereocenters. The molecule has 0 amide bonds. The molecular formula is C5HCl2NO3S. The van der Waals surface area contributed by atoms with E-state index in [9.17, 15) is 9.59 Å². The number of aromatic nitrogens is 1. The number of nitrogens with zero attached hydrogens (tertiary/aromatic N) is 1. The van der Waals surface area contributed by atoms with Crippen molar-refractivity contribution in [3.8, 4) is 0 Å². The van der Waals surface area contributed by atoms with Crippen LogP contribution in [0.4, 0.5) is 0 Å². The van der Waals surface area contributed by atoms with Gasteiger partial charge in [-0.25, -0.2) is 9.78 Å². The third kappa shape index (κ3) is 1.74. The quantitative estimate of drug-likeness (QED) is 0.781. The Balaban J connectivity index is 3.26. The van der Waals surface area contributed by atoms with E-state index in [1.54, 1.807) is 0 Å². The van der Waals surface area contributed by atoms with Crippen LogP contribution in [0.25, 0.3) is 0 Å². The second-order valence-corrected chi connectivity index (χ2v) is 3.65. The maximum absolute atomic E-state index is 10.6. The Morgan fingerprint density at radius 2 is 2.08 bits per heavy atom. The summed E-state index contributed by atoms with van der Waals surface area (Å²) in [6.07, 6.45) is 0. The fourth-order valence-corrected chi connectivity index (χ4v) is 1.71. The SMILES string of the molecule is O=C(Cl)c1nc(Cl)sc1C(=O)O. The third-order valence-corrected chi connectivity index (χ3v) is 2.31. The number of carbonyl (C=O) groups is 2. The highest BCUT2D eigenvalue weighted by Gasteiger charge is 2.20. The third-order valence-electron chi connectivity index (χ3n) is 0.981. The molecular weight excluding hydrogens is 225 g/mol. The Hall–Kier alpha value is -0.650. The molecule has 0 aliphatic carbocycles. The molecule has 0 radical (unpaired) electrons. The van der Waals surface area contributed by atoms with E-state index < -0.39 is 11.2 Å². The van der Waals surface area contributed by atoms with Gasteiger partial charge in [-0.15, -0.1) is 0 Å². The molecule has 0 unspecified atom stereocenters. The fraction of sp³-hybridized carbons (Fsp3) is 0. The first-order valence-corrected chi connectivity index (χ1v) is 4.19. The zero-order chi connectivity index (χ0) is 9.30. The maximum Gasteiger partial charge on any atom is 0.348 e. The average Bonchev–Trinajstić information content (AvgIpc) is 2.31. The van der Waals surface area contributed by atoms with E-state index in [4.69, 9.17) is 28.3 Å². The normalized spacial score (nSPS) is 9.83. The van der Waals surface area contributed by atoms with Crippen LogP contribution >= 0.6 is 34.5 Å². The van der Waals surface area contributed by atoms with Gasteiger partial charge in [0.15, 0.2) is 4.47 Å². The first kappa shape index (κ1) is 9.44. The Morgan fingerprint density at radius 1 is 1.50 bits per heavy atom. The molecule has 4 nitrogen and oxygen atoms in total. The van der Waals surface area contributed by atoms with E-state index in [2.05, 4.69) is 4.98 Å². The molecule has 0 saturated carbocycles. The van der Waals surface area contributed by atoms with Crippen LogP contribution in [0.5, 0.6) is 0 Å². The second-order valence-electron chi connectivity index (χ2n) is 1.72. The highest BCUT2D eigenvalue weighted by Crippen LogP contribution is 2.23. The van der Waals surface area contributed by atoms with E-state index in [1.807, 2.05) is 0 Å². The largest absolute Gasteiger partial charge is 0.477 e. The lowest BCUT2D eigenvalue weighted by Crippen LogP contribution is -2.01. The first-order chi connectivity index (χ1) is 5.52. The van der Waals surface area contributed by atoms with Crippen molar-refractivity contribution in [3.05, 3.63) is 15.0 Å². The van der Waals surface area contributed by atoms with Gasteiger partial charge in [-0.05, 0) is 11.6 Å². The van der Waals surface area contributed by atoms with E-state index >= 15 is 0 Å². The molecule has 0 aromatic carbocycles. The number of hydrogen-bond donors (Lipinski definition) is 1. The summed E-state index contributed by atoms with van der Waals surface area (Å²) in [5.74, 6) is -1.26. The van der Waals surface area contributed by atoms with Crippen LogP contribution in [-0.4, -0.2) is 21.3 Å². The molecule has 1 rings (SSSR count). The smallest absolute Gasteiger partial charge is 0.348 e. The summed E-state index contributed by atoms with van der Waals surface area (Å²) in [5.41, 5.74) is -0.306. The lowest BCUT2D eigenvalue weighted by molar-refractivity contribution is 0.0698. The van der Waals surface area contributed by atoms with E-state index in [0.29, 0.717) is 11.3 Å². The standard InChI is InChI=1S/C5HCl2NO3S/c6-3(9)1-2(4(10)11)12-5(7)8-1/h(H,10,11). The fourth-order valence-electron chi connectivity index (χ4n) is 0.572. The van der Waals surface area contributed by atoms with E-state index in [1.165, 1.54) is 0 Å². The minimum atomic E-state index is -1.26. The zero-order valence-electron chi connectivity index (χ0n) is 5.38. The van der Waals surface area contributed by atoms with Gasteiger partial charge in [-0.1, -0.05) is 22.9 Å². The Kier molecular flexibility index (Phi) is 2.66. The van der Waals surface area contributed by atoms with Crippen LogP contribution < -0.4 is 0 Å². The molecule has 0 saturated heterocycles. The van der Waals surface area contributed by atoms with E-state index in [0.717, 1.165) is 0 Å². The van der Waals surface area contributed by atoms with Crippen LogP contribution in [0.1, 0.15) is 20.2 Å². The van der Waals surface area contributed by atoms with Crippen molar-refractivity contribution in [2.45, 2.75) is 0 Å². The van der Waals surface area contributed by atoms with Crippen LogP contribution in [0.2, 0.25) is 4.47 Å². The number of carboxylic acids is 1. The minimum absolute atomic E-state index is 0.0172. The lowest BCUT2D eigenvalue weighted by atomic mass is 10.4. The van der Waals surface area contributed by atoms with Crippen LogP contribution in [0, 0.1) is 0 Å². The second kappa shape index (κ2) is 3.38. The van der Waals surface area contributed by atoms with Crippen molar-refractivity contribution in [2.24, 2.45) is 0 Å². The summed E-state index contributed by atoms with van der Waals surface area (Å²) < 4.78 is -0.0172. The average molecular weight is 226 g/mol. The Labute approximate surface area is 80.7 Å². The van der Waals surface area contributed by atoms with Gasteiger partial charge in [0.25, 0.3) is 5.24 Å². The van der Waals surface area contributed by atoms with Crippen molar-refractivity contribution >= 4 is 45.8 Å². The molecule has 0 fully saturated rings. The van der Waals surface area contributed by atoms with Crippen molar-refractivity contribution in [3.63, 3.8) is 0 Å². The molecule has 64 valence electrons. The number of thiazole rings is 1. The van der Waals surface area contributed by atoms with Gasteiger partial charge >= 0.3 is 5.97 Å². The topological polar surface area (TPSA) is 67.3 Å². The van der Waals surface area contributed by atoms with Gasteiger partial charge in [-0.3, -0.25) is 4.79 Å². The Morgan fingerprint density at radius 3 is 2.42 bits per heavy atom. The summed E-state index contributed by atoms with van der Waals surface area (Å²) in [6.45, 7) is 0. The Bertz CT molecular complexity index is 317. The van der Waals surface area contributed by atoms with Gasteiger partial charge in [0, 0.05) is 0 Å². The van der Waals surface area contributed by atoms with Gasteiger partial charge in [-0.2, -0.15) is 0 Å². The molecule has 1 aromatic heterocycles. The first-order valence-electron chi connectivity index (χ1n) is 2.62. The summed E-state index contributed by atoms with van der Waals surface area (Å²) >= 11 is 11.1. The summed E-state index contributed by atoms with van der Waals surface area (Å²) in [6, 6.07) is 0. The highest BCUT2D eigenvalue weighted by atomic mass is 35.5. The van der Waals surface area contributed by atoms with Gasteiger partial charge in [0.1, 0.15) is 10.6 Å². The summed E-state index contributed by atoms with van der Waals surface area (Å²) in [7, 11) is 0. The van der Waals surface area contributed by atoms with Gasteiger partial charge in [0.2, 0.25) is 0 Å². The number of halogens is 2. The monoisotopic (exact) mass is 225 g/mol. The van der Waals surface area contributed by atoms with E-state index in [-0.39, 0.29) is 15.0 Å². The van der Waals surface area contributed by atoms with Gasteiger partial charge in [0.05, 0.1) is 0 Å². The number of rotatable bonds is 2. The molecule has 1 aromatic rings. The van der Waals surface area contributed by atoms with Crippen molar-refractivity contribution < 1.29 is 14.7 Å². The number of aromatic carboxylic acids is 1. The predicted molar refractivity (Wildman–Crippen MR) is 44.3 cm³/mol. The molecule has 7 heteroatoms. The maximum atomic E-state index is 10.6. The molecule has 0 aliphatic heterocycles. The van der Waals surface area contributed by atoms with Crippen molar-refractivity contribution in [1.82, 2.24) is 4.98 Å². The van der Waals surface area contributed by atoms with Crippen LogP contribution in [-0.2, 0) is 0 Å². The summed E-state index contributed by atoms with van der Waals surface area (Å²) in [4.78, 5) is 24.2. The zero-order valence-corrected chi connectivity index (χ0v) is 7.70. The molecule has 1 heterocycles. The minimum Gasteiger partial charge on any atom is -0.477 e. The molecule has 0 aliphatic rings. The lowest BCUT2D eigenvalue weighted by Gasteiger charge is -1.87. The molecule has 0 spiro atoms. The molecule has 1 N–H and O–H groups in total. The van der Waals surface area contributed by atoms with Crippen LogP contribution in [0.15, 0.2) is 0 Å². The van der Waals surface area contributed by atoms with Gasteiger partial charge < -0.3 is 5.11 Å². The summed E-state index contributed by atoms with van der Waals surface area (Å²) in [5, 5.41) is 7.61. The number of carboxylic acid groups (broad SMARTS) is 1.